The standard InChI is InChI=1S/C31H27F3N2O4/c1-4-12-39-20-10-11-21(23(34)15-20)29-30-24(16-31(2,3)17-40-30)35-28-25(6-5-7-26(28)37)36(29)27(38)13-18-8-9-19(32)14-22(18)33/h1,5-11,14-15,29,35,37H,12-13,16-17H2,2-3H3. The molecular weight excluding hydrogens is 521 g/mol. The van der Waals surface area contributed by atoms with Crippen LogP contribution in [0, 0.1) is 35.2 Å². The van der Waals surface area contributed by atoms with Crippen molar-refractivity contribution in [1.29, 1.82) is 0 Å². The molecule has 40 heavy (non-hydrogen) atoms. The molecule has 2 aliphatic rings. The molecule has 0 saturated heterocycles. The predicted molar refractivity (Wildman–Crippen MR) is 144 cm³/mol. The summed E-state index contributed by atoms with van der Waals surface area (Å²) in [7, 11) is 0. The number of hydrogen-bond acceptors (Lipinski definition) is 5. The lowest BCUT2D eigenvalue weighted by atomic mass is 9.85. The smallest absolute Gasteiger partial charge is 0.232 e. The van der Waals surface area contributed by atoms with Gasteiger partial charge in [0.25, 0.3) is 0 Å². The second-order valence-electron chi connectivity index (χ2n) is 10.5. The number of carbonyl (C=O) groups excluding carboxylic acids is 1. The summed E-state index contributed by atoms with van der Waals surface area (Å²) in [5.74, 6) is -0.292. The number of fused-ring (bicyclic) bond motifs is 1. The largest absolute Gasteiger partial charge is 0.506 e. The number of halogens is 3. The minimum Gasteiger partial charge on any atom is -0.506 e. The van der Waals surface area contributed by atoms with Crippen molar-refractivity contribution in [2.45, 2.75) is 32.7 Å². The Morgan fingerprint density at radius 2 is 1.98 bits per heavy atom. The second-order valence-corrected chi connectivity index (χ2v) is 10.5. The number of allylic oxidation sites excluding steroid dienone is 1. The van der Waals surface area contributed by atoms with E-state index in [4.69, 9.17) is 15.9 Å². The van der Waals surface area contributed by atoms with E-state index in [2.05, 4.69) is 11.2 Å². The van der Waals surface area contributed by atoms with Crippen LogP contribution in [0.4, 0.5) is 24.5 Å². The molecule has 3 aromatic rings. The van der Waals surface area contributed by atoms with Crippen LogP contribution in [0.1, 0.15) is 37.4 Å². The van der Waals surface area contributed by atoms with Crippen LogP contribution in [0.25, 0.3) is 0 Å². The van der Waals surface area contributed by atoms with Crippen LogP contribution in [-0.2, 0) is 16.0 Å². The quantitative estimate of drug-likeness (QED) is 0.293. The van der Waals surface area contributed by atoms with Crippen LogP contribution in [0.3, 0.4) is 0 Å². The van der Waals surface area contributed by atoms with Crippen LogP contribution in [0.15, 0.2) is 66.1 Å². The number of nitrogens with one attached hydrogen (secondary N) is 1. The molecule has 3 aromatic carbocycles. The van der Waals surface area contributed by atoms with Gasteiger partial charge in [-0.3, -0.25) is 9.69 Å². The van der Waals surface area contributed by atoms with E-state index in [1.54, 1.807) is 12.1 Å². The molecule has 0 aromatic heterocycles. The third-order valence-corrected chi connectivity index (χ3v) is 6.85. The molecule has 0 saturated carbocycles. The van der Waals surface area contributed by atoms with Crippen LogP contribution < -0.4 is 15.0 Å². The molecule has 1 amide bonds. The number of rotatable bonds is 5. The Labute approximate surface area is 230 Å². The molecule has 9 heteroatoms. The first-order chi connectivity index (χ1) is 19.1. The first kappa shape index (κ1) is 27.0. The monoisotopic (exact) mass is 548 g/mol. The third kappa shape index (κ3) is 5.17. The van der Waals surface area contributed by atoms with Crippen LogP contribution in [0.2, 0.25) is 0 Å². The maximum absolute atomic E-state index is 15.8. The summed E-state index contributed by atoms with van der Waals surface area (Å²) in [5.41, 5.74) is 0.775. The fourth-order valence-corrected chi connectivity index (χ4v) is 5.01. The number of aromatic hydroxyl groups is 1. The predicted octanol–water partition coefficient (Wildman–Crippen LogP) is 6.22. The maximum atomic E-state index is 15.8. The topological polar surface area (TPSA) is 71.0 Å². The normalized spacial score (nSPS) is 17.5. The molecule has 1 unspecified atom stereocenters. The van der Waals surface area contributed by atoms with Gasteiger partial charge in [-0.15, -0.1) is 6.42 Å². The number of carbonyl (C=O) groups is 1. The molecular formula is C31H27F3N2O4. The lowest BCUT2D eigenvalue weighted by Gasteiger charge is -2.38. The Kier molecular flexibility index (Phi) is 7.11. The van der Waals surface area contributed by atoms with E-state index in [1.165, 1.54) is 35.2 Å². The molecule has 0 spiro atoms. The van der Waals surface area contributed by atoms with E-state index in [9.17, 15) is 18.7 Å². The van der Waals surface area contributed by atoms with Crippen molar-refractivity contribution in [3.8, 4) is 23.8 Å². The number of amides is 1. The Balaban J connectivity index is 1.70. The van der Waals surface area contributed by atoms with Gasteiger partial charge in [0, 0.05) is 23.1 Å². The average molecular weight is 549 g/mol. The molecule has 6 nitrogen and oxygen atoms in total. The fourth-order valence-electron chi connectivity index (χ4n) is 5.01. The van der Waals surface area contributed by atoms with Crippen molar-refractivity contribution in [1.82, 2.24) is 0 Å². The molecule has 206 valence electrons. The highest BCUT2D eigenvalue weighted by atomic mass is 19.1. The number of hydrogen-bond donors (Lipinski definition) is 2. The number of ether oxygens (including phenoxy) is 2. The Hall–Kier alpha value is -4.58. The molecule has 2 N–H and O–H groups in total. The van der Waals surface area contributed by atoms with E-state index in [0.29, 0.717) is 23.9 Å². The zero-order valence-electron chi connectivity index (χ0n) is 21.9. The van der Waals surface area contributed by atoms with Crippen molar-refractivity contribution in [2.75, 3.05) is 23.4 Å². The van der Waals surface area contributed by atoms with Gasteiger partial charge >= 0.3 is 0 Å². The lowest BCUT2D eigenvalue weighted by molar-refractivity contribution is -0.118. The van der Waals surface area contributed by atoms with Gasteiger partial charge in [-0.05, 0) is 42.3 Å². The highest BCUT2D eigenvalue weighted by Gasteiger charge is 2.42. The molecule has 0 aliphatic carbocycles. The van der Waals surface area contributed by atoms with E-state index >= 15 is 4.39 Å². The van der Waals surface area contributed by atoms with E-state index in [1.807, 2.05) is 13.8 Å². The molecule has 0 bridgehead atoms. The van der Waals surface area contributed by atoms with Gasteiger partial charge in [0.15, 0.2) is 0 Å². The zero-order valence-corrected chi connectivity index (χ0v) is 21.9. The summed E-state index contributed by atoms with van der Waals surface area (Å²) in [4.78, 5) is 15.3. The first-order valence-corrected chi connectivity index (χ1v) is 12.6. The summed E-state index contributed by atoms with van der Waals surface area (Å²) in [6, 6.07) is 10.6. The van der Waals surface area contributed by atoms with Gasteiger partial charge in [0.1, 0.15) is 53.0 Å². The highest BCUT2D eigenvalue weighted by Crippen LogP contribution is 2.50. The second kappa shape index (κ2) is 10.5. The number of benzene rings is 3. The number of phenolic OH excluding ortho intramolecular Hbond substituents is 1. The van der Waals surface area contributed by atoms with Crippen molar-refractivity contribution in [3.63, 3.8) is 0 Å². The van der Waals surface area contributed by atoms with Gasteiger partial charge in [-0.2, -0.15) is 0 Å². The van der Waals surface area contributed by atoms with Gasteiger partial charge < -0.3 is 19.9 Å². The first-order valence-electron chi connectivity index (χ1n) is 12.6. The summed E-state index contributed by atoms with van der Waals surface area (Å²) < 4.78 is 55.6. The fraction of sp³-hybridized carbons (Fsp3) is 0.258. The van der Waals surface area contributed by atoms with Crippen LogP contribution in [-0.4, -0.2) is 24.2 Å². The van der Waals surface area contributed by atoms with Crippen molar-refractivity contribution >= 4 is 17.3 Å². The van der Waals surface area contributed by atoms with E-state index < -0.39 is 35.8 Å². The Morgan fingerprint density at radius 3 is 2.70 bits per heavy atom. The molecule has 0 radical (unpaired) electrons. The SMILES string of the molecule is C#CCOc1ccc(C2C3=C(CC(C)(C)CO3)Nc3c(O)cccc3N2C(=O)Cc2ccc(F)cc2F)c(F)c1. The molecule has 1 atom stereocenters. The third-order valence-electron chi connectivity index (χ3n) is 6.85. The van der Waals surface area contributed by atoms with Gasteiger partial charge in [0.05, 0.1) is 24.4 Å². The average Bonchev–Trinajstić information content (AvgIpc) is 3.03. The zero-order chi connectivity index (χ0) is 28.6. The Bertz CT molecular complexity index is 1560. The summed E-state index contributed by atoms with van der Waals surface area (Å²) in [6.07, 6.45) is 5.27. The number of nitrogens with zero attached hydrogens (tertiary/aromatic N) is 1. The van der Waals surface area contributed by atoms with Gasteiger partial charge in [0.2, 0.25) is 5.91 Å². The molecule has 0 fully saturated rings. The minimum absolute atomic E-state index is 0.0394. The summed E-state index contributed by atoms with van der Waals surface area (Å²) in [5, 5.41) is 14.1. The Morgan fingerprint density at radius 1 is 1.18 bits per heavy atom. The van der Waals surface area contributed by atoms with E-state index in [-0.39, 0.29) is 52.6 Å². The number of phenols is 1. The summed E-state index contributed by atoms with van der Waals surface area (Å²) >= 11 is 0. The number of para-hydroxylation sites is 1. The number of terminal acetylenes is 1. The highest BCUT2D eigenvalue weighted by molar-refractivity contribution is 6.01. The maximum Gasteiger partial charge on any atom is 0.232 e. The van der Waals surface area contributed by atoms with Crippen molar-refractivity contribution < 1.29 is 32.5 Å². The van der Waals surface area contributed by atoms with Crippen molar-refractivity contribution in [3.05, 3.63) is 94.6 Å². The minimum atomic E-state index is -1.13. The number of anilines is 2. The summed E-state index contributed by atoms with van der Waals surface area (Å²) in [6.45, 7) is 4.23. The lowest BCUT2D eigenvalue weighted by Crippen LogP contribution is -2.39. The van der Waals surface area contributed by atoms with Crippen molar-refractivity contribution in [2.24, 2.45) is 5.41 Å². The molecule has 2 heterocycles. The molecule has 5 rings (SSSR count). The van der Waals surface area contributed by atoms with Crippen LogP contribution >= 0.6 is 0 Å². The van der Waals surface area contributed by atoms with Gasteiger partial charge in [-0.25, -0.2) is 13.2 Å². The van der Waals surface area contributed by atoms with Gasteiger partial charge in [-0.1, -0.05) is 31.9 Å². The molecule has 2 aliphatic heterocycles. The van der Waals surface area contributed by atoms with E-state index in [0.717, 1.165) is 6.07 Å². The van der Waals surface area contributed by atoms with Crippen LogP contribution in [0.5, 0.6) is 11.5 Å².